The molecule has 234 valence electrons. The van der Waals surface area contributed by atoms with E-state index >= 15 is 0 Å². The third-order valence-corrected chi connectivity index (χ3v) is 10.2. The van der Waals surface area contributed by atoms with Crippen LogP contribution in [0.3, 0.4) is 0 Å². The van der Waals surface area contributed by atoms with E-state index in [-0.39, 0.29) is 17.1 Å². The summed E-state index contributed by atoms with van der Waals surface area (Å²) in [5, 5.41) is 10.5. The van der Waals surface area contributed by atoms with Crippen molar-refractivity contribution in [3.05, 3.63) is 106 Å². The molecule has 5 N–H and O–H groups in total. The highest BCUT2D eigenvalue weighted by molar-refractivity contribution is 8.04. The summed E-state index contributed by atoms with van der Waals surface area (Å²) in [5.41, 5.74) is 2.64. The Morgan fingerprint density at radius 1 is 1.00 bits per heavy atom. The van der Waals surface area contributed by atoms with Gasteiger partial charge in [-0.3, -0.25) is 14.1 Å². The summed E-state index contributed by atoms with van der Waals surface area (Å²) in [6.45, 7) is 0. The Kier molecular flexibility index (Phi) is 11.7. The number of carbonyl (C=O) groups is 2. The minimum absolute atomic E-state index is 0.151. The molecule has 0 saturated heterocycles. The molecule has 1 heterocycles. The number of ether oxygens (including phenoxy) is 1. The normalized spacial score (nSPS) is 16.5. The van der Waals surface area contributed by atoms with Gasteiger partial charge in [0.05, 0.1) is 29.2 Å². The van der Waals surface area contributed by atoms with Crippen molar-refractivity contribution in [2.24, 2.45) is 0 Å². The average molecular weight is 679 g/mol. The van der Waals surface area contributed by atoms with E-state index in [1.54, 1.807) is 29.7 Å². The largest absolute Gasteiger partial charge is 0.453 e. The van der Waals surface area contributed by atoms with Gasteiger partial charge in [-0.15, -0.1) is 11.8 Å². The van der Waals surface area contributed by atoms with Crippen LogP contribution in [0, 0.1) is 0 Å². The molecule has 0 aromatic heterocycles. The highest BCUT2D eigenvalue weighted by Crippen LogP contribution is 2.28. The molecule has 0 bridgehead atoms. The molecule has 3 aromatic rings. The monoisotopic (exact) mass is 678 g/mol. The van der Waals surface area contributed by atoms with Gasteiger partial charge in [-0.2, -0.15) is 0 Å². The van der Waals surface area contributed by atoms with Crippen molar-refractivity contribution in [1.29, 1.82) is 0 Å². The third-order valence-electron chi connectivity index (χ3n) is 6.60. The summed E-state index contributed by atoms with van der Waals surface area (Å²) in [6.07, 6.45) is -0.264. The van der Waals surface area contributed by atoms with Crippen LogP contribution in [0.2, 0.25) is 5.02 Å². The van der Waals surface area contributed by atoms with Crippen LogP contribution in [-0.2, 0) is 43.5 Å². The number of methoxy groups -OCH3 is 1. The van der Waals surface area contributed by atoms with E-state index in [0.29, 0.717) is 22.8 Å². The molecular weight excluding hydrogens is 648 g/mol. The minimum Gasteiger partial charge on any atom is -0.453 e. The molecule has 2 unspecified atom stereocenters. The first-order chi connectivity index (χ1) is 21.0. The Bertz CT molecular complexity index is 1610. The first kappa shape index (κ1) is 33.3. The first-order valence-corrected chi connectivity index (χ1v) is 17.4. The fourth-order valence-electron chi connectivity index (χ4n) is 4.43. The Morgan fingerprint density at radius 2 is 1.66 bits per heavy atom. The van der Waals surface area contributed by atoms with Crippen LogP contribution in [0.1, 0.15) is 11.1 Å². The van der Waals surface area contributed by atoms with Gasteiger partial charge in [0.25, 0.3) is 11.3 Å². The lowest BCUT2D eigenvalue weighted by Crippen LogP contribution is -2.52. The fourth-order valence-corrected chi connectivity index (χ4v) is 7.72. The second-order valence-electron chi connectivity index (χ2n) is 9.77. The van der Waals surface area contributed by atoms with E-state index in [1.165, 1.54) is 43.1 Å². The number of amides is 2. The summed E-state index contributed by atoms with van der Waals surface area (Å²) in [6, 6.07) is 20.3. The maximum Gasteiger partial charge on any atom is 0.407 e. The lowest BCUT2D eigenvalue weighted by Gasteiger charge is -2.25. The van der Waals surface area contributed by atoms with E-state index in [9.17, 15) is 22.2 Å². The maximum absolute atomic E-state index is 13.6. The van der Waals surface area contributed by atoms with Gasteiger partial charge in [0.2, 0.25) is 5.91 Å². The van der Waals surface area contributed by atoms with Crippen LogP contribution in [0.15, 0.2) is 94.9 Å². The molecule has 0 aliphatic carbocycles. The van der Waals surface area contributed by atoms with Crippen molar-refractivity contribution in [1.82, 2.24) is 16.0 Å². The Labute approximate surface area is 267 Å². The minimum atomic E-state index is -3.65. The van der Waals surface area contributed by atoms with Crippen molar-refractivity contribution in [2.75, 3.05) is 17.6 Å². The van der Waals surface area contributed by atoms with Crippen molar-refractivity contribution in [3.8, 4) is 0 Å². The Hall–Kier alpha value is -3.56. The van der Waals surface area contributed by atoms with Gasteiger partial charge in [0.15, 0.2) is 9.84 Å². The molecule has 0 saturated carbocycles. The van der Waals surface area contributed by atoms with Crippen molar-refractivity contribution < 1.29 is 31.5 Å². The molecule has 15 heteroatoms. The van der Waals surface area contributed by atoms with Crippen molar-refractivity contribution in [2.45, 2.75) is 35.2 Å². The average Bonchev–Trinajstić information content (AvgIpc) is 3.45. The highest BCUT2D eigenvalue weighted by atomic mass is 35.5. The molecule has 11 nitrogen and oxygen atoms in total. The molecule has 0 fully saturated rings. The number of benzene rings is 3. The number of rotatable bonds is 13. The van der Waals surface area contributed by atoms with Crippen molar-refractivity contribution >= 4 is 62.2 Å². The summed E-state index contributed by atoms with van der Waals surface area (Å²) in [5.74, 6) is -0.678. The number of alkyl carbamates (subject to hydrolysis) is 1. The van der Waals surface area contributed by atoms with Gasteiger partial charge in [-0.1, -0.05) is 54.1 Å². The second-order valence-corrected chi connectivity index (χ2v) is 14.0. The van der Waals surface area contributed by atoms with Crippen LogP contribution >= 0.6 is 23.4 Å². The molecule has 4 rings (SSSR count). The van der Waals surface area contributed by atoms with Crippen LogP contribution in [-0.4, -0.2) is 59.5 Å². The molecule has 3 aromatic carbocycles. The van der Waals surface area contributed by atoms with Gasteiger partial charge in [0.1, 0.15) is 6.04 Å². The molecule has 0 radical (unpaired) electrons. The number of nitrogens with one attached hydrogen (secondary N) is 4. The van der Waals surface area contributed by atoms with E-state index < -0.39 is 50.6 Å². The van der Waals surface area contributed by atoms with Gasteiger partial charge < -0.3 is 20.7 Å². The summed E-state index contributed by atoms with van der Waals surface area (Å²) in [4.78, 5) is 25.9. The van der Waals surface area contributed by atoms with Gasteiger partial charge >= 0.3 is 6.09 Å². The van der Waals surface area contributed by atoms with Crippen molar-refractivity contribution in [3.63, 3.8) is 0 Å². The van der Waals surface area contributed by atoms with Crippen LogP contribution < -0.4 is 20.7 Å². The first-order valence-electron chi connectivity index (χ1n) is 13.3. The van der Waals surface area contributed by atoms with Gasteiger partial charge in [-0.25, -0.2) is 17.4 Å². The van der Waals surface area contributed by atoms with E-state index in [4.69, 9.17) is 20.9 Å². The number of halogens is 1. The van der Waals surface area contributed by atoms with Gasteiger partial charge in [-0.05, 0) is 59.4 Å². The molecule has 4 atom stereocenters. The topological polar surface area (TPSA) is 163 Å². The van der Waals surface area contributed by atoms with E-state index in [1.807, 2.05) is 30.3 Å². The number of hydrogen-bond donors (Lipinski definition) is 5. The third kappa shape index (κ3) is 9.72. The zero-order chi connectivity index (χ0) is 31.7. The molecule has 2 amide bonds. The van der Waals surface area contributed by atoms with Crippen LogP contribution in [0.25, 0.3) is 0 Å². The SMILES string of the molecule is COC(=O)N[C@@H](Cc1ccccc1)C(=O)N[C@@H](Cc1ccc(NS(=O)O)cc1)C1=CSC(CS(=O)(=O)c2ccc(Cl)cc2)N1. The summed E-state index contributed by atoms with van der Waals surface area (Å²) >= 11 is 4.97. The number of thioether (sulfide) groups is 1. The zero-order valence-corrected chi connectivity index (χ0v) is 26.6. The zero-order valence-electron chi connectivity index (χ0n) is 23.4. The highest BCUT2D eigenvalue weighted by Gasteiger charge is 2.31. The fraction of sp³-hybridized carbons (Fsp3) is 0.241. The smallest absolute Gasteiger partial charge is 0.407 e. The predicted octanol–water partition coefficient (Wildman–Crippen LogP) is 3.86. The Morgan fingerprint density at radius 3 is 2.30 bits per heavy atom. The van der Waals surface area contributed by atoms with E-state index in [2.05, 4.69) is 20.7 Å². The van der Waals surface area contributed by atoms with Crippen LogP contribution in [0.5, 0.6) is 0 Å². The van der Waals surface area contributed by atoms with E-state index in [0.717, 1.165) is 11.1 Å². The standard InChI is InChI=1S/C29H31ClN4O7S3/c1-41-29(36)33-25(16-19-5-3-2-4-6-19)28(35)32-24(15-20-7-11-22(12-8-20)34-43(37)38)26-17-42-27(31-26)18-44(39,40)23-13-9-21(30)10-14-23/h2-14,17,24-25,27,31,34H,15-16,18H2,1H3,(H,32,35)(H,33,36)(H,37,38)/t24-,25-,27?/m0/s1. The number of sulfone groups is 1. The van der Waals surface area contributed by atoms with Crippen LogP contribution in [0.4, 0.5) is 10.5 Å². The lowest BCUT2D eigenvalue weighted by atomic mass is 10.0. The van der Waals surface area contributed by atoms with Gasteiger partial charge in [0, 0.05) is 22.8 Å². The lowest BCUT2D eigenvalue weighted by molar-refractivity contribution is -0.123. The number of anilines is 1. The predicted molar refractivity (Wildman–Crippen MR) is 172 cm³/mol. The molecule has 1 aliphatic heterocycles. The number of hydrogen-bond acceptors (Lipinski definition) is 8. The molecular formula is C29H31ClN4O7S3. The second kappa shape index (κ2) is 15.4. The summed E-state index contributed by atoms with van der Waals surface area (Å²) < 4.78 is 53.5. The molecule has 0 spiro atoms. The quantitative estimate of drug-likeness (QED) is 0.169. The maximum atomic E-state index is 13.6. The summed E-state index contributed by atoms with van der Waals surface area (Å²) in [7, 11) is -2.44. The molecule has 44 heavy (non-hydrogen) atoms. The number of carbonyl (C=O) groups excluding carboxylic acids is 2. The Balaban J connectivity index is 1.53. The molecule has 1 aliphatic rings.